The zero-order valence-electron chi connectivity index (χ0n) is 15.9. The van der Waals surface area contributed by atoms with E-state index in [2.05, 4.69) is 38.1 Å². The fourth-order valence-corrected chi connectivity index (χ4v) is 3.80. The molecule has 0 heterocycles. The molecule has 2 heteroatoms. The van der Waals surface area contributed by atoms with E-state index in [0.29, 0.717) is 17.9 Å². The van der Waals surface area contributed by atoms with Crippen LogP contribution in [-0.2, 0) is 4.74 Å². The summed E-state index contributed by atoms with van der Waals surface area (Å²) in [5, 5.41) is 8.91. The van der Waals surface area contributed by atoms with Gasteiger partial charge in [-0.15, -0.1) is 0 Å². The zero-order valence-corrected chi connectivity index (χ0v) is 15.9. The molecule has 25 heavy (non-hydrogen) atoms. The van der Waals surface area contributed by atoms with Crippen molar-refractivity contribution < 1.29 is 4.74 Å². The van der Waals surface area contributed by atoms with Gasteiger partial charge in [0.1, 0.15) is 0 Å². The third-order valence-corrected chi connectivity index (χ3v) is 5.56. The number of unbranched alkanes of at least 4 members (excludes halogenated alkanes) is 4. The number of ether oxygens (including phenoxy) is 1. The summed E-state index contributed by atoms with van der Waals surface area (Å²) in [6, 6.07) is 10.3. The molecule has 2 nitrogen and oxygen atoms in total. The molecular formula is C23H33NO. The largest absolute Gasteiger partial charge is 0.498 e. The molecule has 1 unspecified atom stereocenters. The minimum Gasteiger partial charge on any atom is -0.498 e. The molecule has 0 bridgehead atoms. The molecule has 1 atom stereocenters. The zero-order chi connectivity index (χ0) is 17.9. The standard InChI is InChI=1S/C23H33NO/c1-3-4-5-6-7-8-17-25-19(2)21-13-15-23(16-14-21)22-11-9-20(18-24)10-12-22/h8-12,17,19,21,23H,3-7,13-16H2,1-2H3. The number of hydrogen-bond acceptors (Lipinski definition) is 2. The number of hydrogen-bond donors (Lipinski definition) is 0. The van der Waals surface area contributed by atoms with E-state index in [1.807, 2.05) is 18.4 Å². The Bertz CT molecular complexity index is 546. The van der Waals surface area contributed by atoms with Crippen LogP contribution in [0.1, 0.15) is 88.7 Å². The van der Waals surface area contributed by atoms with Gasteiger partial charge in [0.15, 0.2) is 0 Å². The second-order valence-corrected chi connectivity index (χ2v) is 7.41. The average molecular weight is 340 g/mol. The first kappa shape index (κ1) is 19.6. The summed E-state index contributed by atoms with van der Waals surface area (Å²) in [7, 11) is 0. The van der Waals surface area contributed by atoms with Gasteiger partial charge in [-0.3, -0.25) is 0 Å². The quantitative estimate of drug-likeness (QED) is 0.369. The molecule has 2 rings (SSSR count). The third-order valence-electron chi connectivity index (χ3n) is 5.56. The average Bonchev–Trinajstić information content (AvgIpc) is 2.67. The van der Waals surface area contributed by atoms with Crippen LogP contribution in [0.4, 0.5) is 0 Å². The Kier molecular flexibility index (Phi) is 8.60. The van der Waals surface area contributed by atoms with Crippen LogP contribution in [0.2, 0.25) is 0 Å². The molecule has 1 saturated carbocycles. The Morgan fingerprint density at radius 2 is 1.84 bits per heavy atom. The van der Waals surface area contributed by atoms with Crippen molar-refractivity contribution in [1.29, 1.82) is 5.26 Å². The van der Waals surface area contributed by atoms with E-state index in [1.54, 1.807) is 0 Å². The van der Waals surface area contributed by atoms with E-state index >= 15 is 0 Å². The molecule has 0 radical (unpaired) electrons. The third kappa shape index (κ3) is 6.58. The lowest BCUT2D eigenvalue weighted by atomic mass is 9.77. The van der Waals surface area contributed by atoms with Crippen LogP contribution in [0.5, 0.6) is 0 Å². The van der Waals surface area contributed by atoms with E-state index < -0.39 is 0 Å². The number of rotatable bonds is 9. The molecule has 0 N–H and O–H groups in total. The predicted octanol–water partition coefficient (Wildman–Crippen LogP) is 6.72. The summed E-state index contributed by atoms with van der Waals surface area (Å²) < 4.78 is 5.94. The molecule has 0 aliphatic heterocycles. The highest BCUT2D eigenvalue weighted by Crippen LogP contribution is 2.37. The molecule has 0 aromatic heterocycles. The van der Waals surface area contributed by atoms with Gasteiger partial charge in [-0.05, 0) is 81.1 Å². The summed E-state index contributed by atoms with van der Waals surface area (Å²) in [6.45, 7) is 4.46. The maximum atomic E-state index is 8.91. The van der Waals surface area contributed by atoms with Crippen molar-refractivity contribution in [1.82, 2.24) is 0 Å². The maximum Gasteiger partial charge on any atom is 0.0991 e. The van der Waals surface area contributed by atoms with Gasteiger partial charge >= 0.3 is 0 Å². The van der Waals surface area contributed by atoms with E-state index in [-0.39, 0.29) is 0 Å². The Morgan fingerprint density at radius 1 is 1.12 bits per heavy atom. The van der Waals surface area contributed by atoms with Gasteiger partial charge in [-0.25, -0.2) is 0 Å². The molecule has 136 valence electrons. The van der Waals surface area contributed by atoms with Crippen LogP contribution in [-0.4, -0.2) is 6.10 Å². The van der Waals surface area contributed by atoms with Gasteiger partial charge in [0.25, 0.3) is 0 Å². The van der Waals surface area contributed by atoms with E-state index in [9.17, 15) is 0 Å². The van der Waals surface area contributed by atoms with Crippen molar-refractivity contribution in [2.75, 3.05) is 0 Å². The Hall–Kier alpha value is -1.75. The topological polar surface area (TPSA) is 33.0 Å². The summed E-state index contributed by atoms with van der Waals surface area (Å²) in [4.78, 5) is 0. The lowest BCUT2D eigenvalue weighted by molar-refractivity contribution is 0.0775. The molecule has 0 amide bonds. The molecule has 1 aliphatic rings. The fraction of sp³-hybridized carbons (Fsp3) is 0.609. The fourth-order valence-electron chi connectivity index (χ4n) is 3.80. The van der Waals surface area contributed by atoms with Crippen LogP contribution >= 0.6 is 0 Å². The highest BCUT2D eigenvalue weighted by Gasteiger charge is 2.26. The molecule has 1 aromatic carbocycles. The summed E-state index contributed by atoms with van der Waals surface area (Å²) in [5.41, 5.74) is 2.14. The van der Waals surface area contributed by atoms with Crippen molar-refractivity contribution >= 4 is 0 Å². The smallest absolute Gasteiger partial charge is 0.0991 e. The summed E-state index contributed by atoms with van der Waals surface area (Å²) >= 11 is 0. The van der Waals surface area contributed by atoms with Crippen LogP contribution in [0, 0.1) is 17.2 Å². The Morgan fingerprint density at radius 3 is 2.48 bits per heavy atom. The van der Waals surface area contributed by atoms with Crippen LogP contribution in [0.15, 0.2) is 36.6 Å². The lowest BCUT2D eigenvalue weighted by Crippen LogP contribution is -2.24. The predicted molar refractivity (Wildman–Crippen MR) is 104 cm³/mol. The van der Waals surface area contributed by atoms with Gasteiger partial charge in [0, 0.05) is 0 Å². The maximum absolute atomic E-state index is 8.91. The van der Waals surface area contributed by atoms with Gasteiger partial charge < -0.3 is 4.74 Å². The minimum atomic E-state index is 0.314. The van der Waals surface area contributed by atoms with Gasteiger partial charge in [0.05, 0.1) is 24.0 Å². The first-order chi connectivity index (χ1) is 12.2. The summed E-state index contributed by atoms with van der Waals surface area (Å²) in [6.07, 6.45) is 15.7. The SMILES string of the molecule is CCCCCCC=COC(C)C1CCC(c2ccc(C#N)cc2)CC1. The van der Waals surface area contributed by atoms with Crippen LogP contribution in [0.25, 0.3) is 0 Å². The molecule has 1 fully saturated rings. The number of nitriles is 1. The molecule has 1 aromatic rings. The van der Waals surface area contributed by atoms with Crippen molar-refractivity contribution in [2.24, 2.45) is 5.92 Å². The molecule has 1 aliphatic carbocycles. The van der Waals surface area contributed by atoms with Crippen LogP contribution in [0.3, 0.4) is 0 Å². The second-order valence-electron chi connectivity index (χ2n) is 7.41. The Balaban J connectivity index is 1.68. The van der Waals surface area contributed by atoms with Gasteiger partial charge in [-0.1, -0.05) is 38.3 Å². The molecule has 0 spiro atoms. The van der Waals surface area contributed by atoms with E-state index in [0.717, 1.165) is 12.0 Å². The number of nitrogens with zero attached hydrogens (tertiary/aromatic N) is 1. The highest BCUT2D eigenvalue weighted by atomic mass is 16.5. The first-order valence-electron chi connectivity index (χ1n) is 10.0. The van der Waals surface area contributed by atoms with Crippen molar-refractivity contribution in [3.8, 4) is 6.07 Å². The molecular weight excluding hydrogens is 306 g/mol. The van der Waals surface area contributed by atoms with Crippen molar-refractivity contribution in [3.63, 3.8) is 0 Å². The van der Waals surface area contributed by atoms with Crippen LogP contribution < -0.4 is 0 Å². The van der Waals surface area contributed by atoms with Gasteiger partial charge in [-0.2, -0.15) is 5.26 Å². The molecule has 0 saturated heterocycles. The summed E-state index contributed by atoms with van der Waals surface area (Å²) in [5.74, 6) is 1.31. The number of allylic oxidation sites excluding steroid dienone is 1. The van der Waals surface area contributed by atoms with E-state index in [1.165, 1.54) is 56.9 Å². The highest BCUT2D eigenvalue weighted by molar-refractivity contribution is 5.33. The van der Waals surface area contributed by atoms with Gasteiger partial charge in [0.2, 0.25) is 0 Å². The van der Waals surface area contributed by atoms with E-state index in [4.69, 9.17) is 10.00 Å². The monoisotopic (exact) mass is 339 g/mol. The van der Waals surface area contributed by atoms with Crippen molar-refractivity contribution in [3.05, 3.63) is 47.7 Å². The minimum absolute atomic E-state index is 0.314. The van der Waals surface area contributed by atoms with Crippen molar-refractivity contribution in [2.45, 2.75) is 83.7 Å². The second kappa shape index (κ2) is 11.0. The first-order valence-corrected chi connectivity index (χ1v) is 10.0. The normalized spacial score (nSPS) is 21.8. The Labute approximate surface area is 153 Å². The lowest BCUT2D eigenvalue weighted by Gasteiger charge is -2.32. The number of benzene rings is 1.